The second-order valence-electron chi connectivity index (χ2n) is 10.5. The molecule has 1 aliphatic heterocycles. The third kappa shape index (κ3) is 5.19. The summed E-state index contributed by atoms with van der Waals surface area (Å²) in [5.41, 5.74) is -0.776. The number of ether oxygens (including phenoxy) is 3. The molecule has 0 aromatic rings. The van der Waals surface area contributed by atoms with Crippen LogP contribution in [0.4, 0.5) is 4.79 Å². The quantitative estimate of drug-likeness (QED) is 0.314. The minimum atomic E-state index is -1.95. The smallest absolute Gasteiger partial charge is 0.412 e. The highest BCUT2D eigenvalue weighted by Crippen LogP contribution is 2.54. The lowest BCUT2D eigenvalue weighted by Gasteiger charge is -2.36. The Morgan fingerprint density at radius 2 is 1.87 bits per heavy atom. The zero-order chi connectivity index (χ0) is 22.9. The van der Waals surface area contributed by atoms with Gasteiger partial charge in [0.25, 0.3) is 0 Å². The molecule has 0 N–H and O–H groups in total. The second kappa shape index (κ2) is 9.16. The Kier molecular flexibility index (Phi) is 7.68. The summed E-state index contributed by atoms with van der Waals surface area (Å²) in [5, 5.41) is 0.0890. The molecule has 30 heavy (non-hydrogen) atoms. The molecule has 1 aliphatic carbocycles. The van der Waals surface area contributed by atoms with Gasteiger partial charge in [-0.15, -0.1) is 0 Å². The Morgan fingerprint density at radius 1 is 1.23 bits per heavy atom. The van der Waals surface area contributed by atoms with E-state index in [9.17, 15) is 9.59 Å². The average Bonchev–Trinajstić information content (AvgIpc) is 3.26. The largest absolute Gasteiger partial charge is 0.469 e. The van der Waals surface area contributed by atoms with E-state index in [0.717, 1.165) is 12.8 Å². The number of hydrogen-bond acceptors (Lipinski definition) is 6. The van der Waals surface area contributed by atoms with Crippen molar-refractivity contribution < 1.29 is 28.2 Å². The molecule has 2 fully saturated rings. The highest BCUT2D eigenvalue weighted by molar-refractivity contribution is 6.74. The van der Waals surface area contributed by atoms with Gasteiger partial charge in [0, 0.05) is 18.4 Å². The normalized spacial score (nSPS) is 28.4. The topological polar surface area (TPSA) is 74.3 Å². The van der Waals surface area contributed by atoms with Crippen molar-refractivity contribution in [2.45, 2.75) is 84.3 Å². The van der Waals surface area contributed by atoms with Crippen molar-refractivity contribution in [3.63, 3.8) is 0 Å². The first kappa shape index (κ1) is 25.1. The fourth-order valence-electron chi connectivity index (χ4n) is 3.97. The maximum absolute atomic E-state index is 12.9. The number of rotatable bonds is 8. The number of nitrogens with zero attached hydrogens (tertiary/aromatic N) is 1. The van der Waals surface area contributed by atoms with Crippen molar-refractivity contribution in [3.8, 4) is 0 Å². The molecule has 2 rings (SSSR count). The molecule has 1 heterocycles. The summed E-state index contributed by atoms with van der Waals surface area (Å²) in [6, 6.07) is -0.230. The molecule has 0 aromatic carbocycles. The molecule has 7 nitrogen and oxygen atoms in total. The number of carbonyl (C=O) groups is 2. The third-order valence-electron chi connectivity index (χ3n) is 7.03. The molecule has 174 valence electrons. The van der Waals surface area contributed by atoms with Gasteiger partial charge in [0.05, 0.1) is 32.3 Å². The van der Waals surface area contributed by atoms with Crippen molar-refractivity contribution in [2.75, 3.05) is 26.9 Å². The van der Waals surface area contributed by atoms with Crippen LogP contribution < -0.4 is 0 Å². The van der Waals surface area contributed by atoms with E-state index >= 15 is 0 Å². The van der Waals surface area contributed by atoms with Crippen molar-refractivity contribution in [1.82, 2.24) is 4.90 Å². The molecular weight excluding hydrogens is 402 g/mol. The standard InChI is InChI=1S/C22H41NO6Si/c1-10-11-12-27-20(25)23-16(14-28-22(23,5)6)17-15(18(17)19(24)26-7)13-29-30(8,9)21(2,3)4/h15-18H,10-14H2,1-9H3. The first-order chi connectivity index (χ1) is 13.8. The lowest BCUT2D eigenvalue weighted by molar-refractivity contribution is -0.143. The first-order valence-electron chi connectivity index (χ1n) is 11.1. The summed E-state index contributed by atoms with van der Waals surface area (Å²) < 4.78 is 22.9. The number of amides is 1. The summed E-state index contributed by atoms with van der Waals surface area (Å²) in [6.07, 6.45) is 1.40. The average molecular weight is 444 g/mol. The van der Waals surface area contributed by atoms with Gasteiger partial charge >= 0.3 is 12.1 Å². The number of methoxy groups -OCH3 is 1. The minimum absolute atomic E-state index is 0.0139. The van der Waals surface area contributed by atoms with Gasteiger partial charge in [-0.2, -0.15) is 0 Å². The highest BCUT2D eigenvalue weighted by Gasteiger charge is 2.64. The Bertz CT molecular complexity index is 630. The van der Waals surface area contributed by atoms with E-state index in [-0.39, 0.29) is 40.9 Å². The lowest BCUT2D eigenvalue weighted by atomic mass is 10.1. The van der Waals surface area contributed by atoms with Crippen LogP contribution in [0.1, 0.15) is 54.4 Å². The van der Waals surface area contributed by atoms with Crippen molar-refractivity contribution in [3.05, 3.63) is 0 Å². The molecule has 1 amide bonds. The molecule has 4 atom stereocenters. The summed E-state index contributed by atoms with van der Waals surface area (Å²) in [7, 11) is -0.537. The van der Waals surface area contributed by atoms with E-state index in [1.807, 2.05) is 13.8 Å². The maximum Gasteiger partial charge on any atom is 0.412 e. The molecule has 1 saturated carbocycles. The van der Waals surface area contributed by atoms with E-state index < -0.39 is 14.0 Å². The fraction of sp³-hybridized carbons (Fsp3) is 0.909. The Hall–Kier alpha value is -1.12. The van der Waals surface area contributed by atoms with Crippen LogP contribution in [0.5, 0.6) is 0 Å². The maximum atomic E-state index is 12.9. The Balaban J connectivity index is 2.16. The van der Waals surface area contributed by atoms with Gasteiger partial charge in [0.1, 0.15) is 5.72 Å². The van der Waals surface area contributed by atoms with Crippen molar-refractivity contribution in [2.24, 2.45) is 17.8 Å². The molecule has 4 unspecified atom stereocenters. The van der Waals surface area contributed by atoms with Gasteiger partial charge in [0.15, 0.2) is 8.32 Å². The van der Waals surface area contributed by atoms with Gasteiger partial charge in [-0.1, -0.05) is 34.1 Å². The molecule has 0 bridgehead atoms. The van der Waals surface area contributed by atoms with Gasteiger partial charge in [-0.25, -0.2) is 4.79 Å². The Labute approximate surface area is 182 Å². The van der Waals surface area contributed by atoms with Crippen LogP contribution in [0.3, 0.4) is 0 Å². The van der Waals surface area contributed by atoms with E-state index in [1.54, 1.807) is 4.90 Å². The van der Waals surface area contributed by atoms with Gasteiger partial charge in [-0.3, -0.25) is 9.69 Å². The van der Waals surface area contributed by atoms with Crippen molar-refractivity contribution in [1.29, 1.82) is 0 Å². The predicted octanol–water partition coefficient (Wildman–Crippen LogP) is 4.42. The van der Waals surface area contributed by atoms with Crippen LogP contribution in [-0.4, -0.2) is 64.0 Å². The molecule has 8 heteroatoms. The molecule has 0 radical (unpaired) electrons. The molecule has 2 aliphatic rings. The molecule has 0 aromatic heterocycles. The van der Waals surface area contributed by atoms with Crippen LogP contribution >= 0.6 is 0 Å². The molecule has 1 saturated heterocycles. The summed E-state index contributed by atoms with van der Waals surface area (Å²) in [4.78, 5) is 27.0. The third-order valence-corrected chi connectivity index (χ3v) is 11.5. The van der Waals surface area contributed by atoms with Crippen LogP contribution in [0, 0.1) is 17.8 Å². The van der Waals surface area contributed by atoms with Crippen LogP contribution in [0.2, 0.25) is 18.1 Å². The number of carbonyl (C=O) groups excluding carboxylic acids is 2. The number of esters is 1. The number of unbranched alkanes of at least 4 members (excludes halogenated alkanes) is 1. The summed E-state index contributed by atoms with van der Waals surface area (Å²) in [5.74, 6) is -0.566. The monoisotopic (exact) mass is 443 g/mol. The Morgan fingerprint density at radius 3 is 2.40 bits per heavy atom. The molecule has 0 spiro atoms. The van der Waals surface area contributed by atoms with Crippen LogP contribution in [0.25, 0.3) is 0 Å². The predicted molar refractivity (Wildman–Crippen MR) is 118 cm³/mol. The van der Waals surface area contributed by atoms with E-state index in [4.69, 9.17) is 18.6 Å². The molecular formula is C22H41NO6Si. The zero-order valence-corrected chi connectivity index (χ0v) is 21.2. The second-order valence-corrected chi connectivity index (χ2v) is 15.3. The number of hydrogen-bond donors (Lipinski definition) is 0. The summed E-state index contributed by atoms with van der Waals surface area (Å²) >= 11 is 0. The highest BCUT2D eigenvalue weighted by atomic mass is 28.4. The lowest BCUT2D eigenvalue weighted by Crippen LogP contribution is -2.49. The van der Waals surface area contributed by atoms with Gasteiger partial charge < -0.3 is 18.6 Å². The van der Waals surface area contributed by atoms with Gasteiger partial charge in [0.2, 0.25) is 0 Å². The summed E-state index contributed by atoms with van der Waals surface area (Å²) in [6.45, 7) is 18.0. The van der Waals surface area contributed by atoms with Crippen LogP contribution in [0.15, 0.2) is 0 Å². The van der Waals surface area contributed by atoms with Crippen molar-refractivity contribution >= 4 is 20.4 Å². The van der Waals surface area contributed by atoms with E-state index in [1.165, 1.54) is 7.11 Å². The minimum Gasteiger partial charge on any atom is -0.469 e. The first-order valence-corrected chi connectivity index (χ1v) is 14.0. The van der Waals surface area contributed by atoms with Crippen LogP contribution in [-0.2, 0) is 23.4 Å². The van der Waals surface area contributed by atoms with E-state index in [2.05, 4.69) is 40.8 Å². The SMILES string of the molecule is CCCCOC(=O)N1C(C2C(CO[Si](C)(C)C(C)(C)C)C2C(=O)OC)COC1(C)C. The zero-order valence-electron chi connectivity index (χ0n) is 20.2. The fourth-order valence-corrected chi connectivity index (χ4v) is 5.02. The van der Waals surface area contributed by atoms with E-state index in [0.29, 0.717) is 19.8 Å². The van der Waals surface area contributed by atoms with Gasteiger partial charge in [-0.05, 0) is 38.4 Å².